The lowest BCUT2D eigenvalue weighted by atomic mass is 10.1. The van der Waals surface area contributed by atoms with Crippen molar-refractivity contribution in [3.8, 4) is 5.75 Å². The van der Waals surface area contributed by atoms with E-state index in [4.69, 9.17) is 4.74 Å². The second-order valence-corrected chi connectivity index (χ2v) is 5.72. The smallest absolute Gasteiger partial charge is 0.262 e. The SMILES string of the molecule is COc1ccc2cc3c(nc2c1)N(C(=O)c1ccccc1F)CC3. The number of halogens is 1. The fourth-order valence-corrected chi connectivity index (χ4v) is 3.04. The summed E-state index contributed by atoms with van der Waals surface area (Å²) in [5.74, 6) is 0.434. The first-order valence-corrected chi connectivity index (χ1v) is 7.71. The number of amides is 1. The summed E-state index contributed by atoms with van der Waals surface area (Å²) in [7, 11) is 1.60. The van der Waals surface area contributed by atoms with Gasteiger partial charge in [0.05, 0.1) is 18.2 Å². The van der Waals surface area contributed by atoms with E-state index in [0.29, 0.717) is 24.5 Å². The molecule has 3 aromatic rings. The third-order valence-electron chi connectivity index (χ3n) is 4.29. The van der Waals surface area contributed by atoms with Crippen molar-refractivity contribution in [2.24, 2.45) is 0 Å². The average molecular weight is 322 g/mol. The zero-order chi connectivity index (χ0) is 16.7. The molecule has 0 spiro atoms. The van der Waals surface area contributed by atoms with Crippen molar-refractivity contribution in [3.05, 3.63) is 65.5 Å². The maximum atomic E-state index is 13.9. The fraction of sp³-hybridized carbons (Fsp3) is 0.158. The number of fused-ring (bicyclic) bond motifs is 2. The van der Waals surface area contributed by atoms with Gasteiger partial charge in [0.1, 0.15) is 17.4 Å². The van der Waals surface area contributed by atoms with Gasteiger partial charge in [-0.05, 0) is 42.3 Å². The van der Waals surface area contributed by atoms with Gasteiger partial charge in [-0.15, -0.1) is 0 Å². The Morgan fingerprint density at radius 2 is 2.04 bits per heavy atom. The van der Waals surface area contributed by atoms with E-state index in [0.717, 1.165) is 16.5 Å². The molecule has 1 aliphatic heterocycles. The molecule has 0 unspecified atom stereocenters. The molecule has 2 heterocycles. The molecule has 1 amide bonds. The van der Waals surface area contributed by atoms with E-state index in [1.807, 2.05) is 24.3 Å². The molecule has 120 valence electrons. The van der Waals surface area contributed by atoms with Crippen LogP contribution in [0.1, 0.15) is 15.9 Å². The van der Waals surface area contributed by atoms with E-state index in [-0.39, 0.29) is 11.5 Å². The van der Waals surface area contributed by atoms with Gasteiger partial charge in [0, 0.05) is 18.0 Å². The highest BCUT2D eigenvalue weighted by Crippen LogP contribution is 2.32. The van der Waals surface area contributed by atoms with Gasteiger partial charge in [-0.2, -0.15) is 0 Å². The van der Waals surface area contributed by atoms with Gasteiger partial charge < -0.3 is 4.74 Å². The number of carbonyl (C=O) groups is 1. The quantitative estimate of drug-likeness (QED) is 0.724. The summed E-state index contributed by atoms with van der Waals surface area (Å²) in [5.41, 5.74) is 1.82. The van der Waals surface area contributed by atoms with Crippen LogP contribution in [0.2, 0.25) is 0 Å². The Bertz CT molecular complexity index is 955. The van der Waals surface area contributed by atoms with Crippen LogP contribution in [0, 0.1) is 5.82 Å². The van der Waals surface area contributed by atoms with Crippen LogP contribution < -0.4 is 9.64 Å². The number of anilines is 1. The summed E-state index contributed by atoms with van der Waals surface area (Å²) >= 11 is 0. The Labute approximate surface area is 138 Å². The number of hydrogen-bond acceptors (Lipinski definition) is 3. The van der Waals surface area contributed by atoms with Crippen LogP contribution in [0.3, 0.4) is 0 Å². The molecule has 0 bridgehead atoms. The average Bonchev–Trinajstić information content (AvgIpc) is 3.01. The molecule has 0 radical (unpaired) electrons. The molecule has 24 heavy (non-hydrogen) atoms. The van der Waals surface area contributed by atoms with E-state index in [1.165, 1.54) is 12.1 Å². The third kappa shape index (κ3) is 2.29. The predicted octanol–water partition coefficient (Wildman–Crippen LogP) is 3.59. The summed E-state index contributed by atoms with van der Waals surface area (Å²) in [5, 5.41) is 0.995. The highest BCUT2D eigenvalue weighted by atomic mass is 19.1. The minimum atomic E-state index is -0.515. The summed E-state index contributed by atoms with van der Waals surface area (Å²) in [6.45, 7) is 0.503. The number of methoxy groups -OCH3 is 1. The largest absolute Gasteiger partial charge is 0.497 e. The van der Waals surface area contributed by atoms with Gasteiger partial charge in [-0.3, -0.25) is 9.69 Å². The standard InChI is InChI=1S/C19H15FN2O2/c1-24-14-7-6-12-10-13-8-9-22(18(13)21-17(12)11-14)19(23)15-4-2-3-5-16(15)20/h2-7,10-11H,8-9H2,1H3. The molecule has 2 aromatic carbocycles. The number of ether oxygens (including phenoxy) is 1. The minimum absolute atomic E-state index is 0.0675. The lowest BCUT2D eigenvalue weighted by Crippen LogP contribution is -2.30. The molecule has 4 nitrogen and oxygen atoms in total. The molecule has 1 aliphatic rings. The third-order valence-corrected chi connectivity index (χ3v) is 4.29. The number of pyridine rings is 1. The molecule has 4 rings (SSSR count). The Morgan fingerprint density at radius 1 is 1.21 bits per heavy atom. The van der Waals surface area contributed by atoms with Crippen LogP contribution in [0.15, 0.2) is 48.5 Å². The Kier molecular flexibility index (Phi) is 3.41. The van der Waals surface area contributed by atoms with Crippen LogP contribution >= 0.6 is 0 Å². The number of hydrogen-bond donors (Lipinski definition) is 0. The molecular formula is C19H15FN2O2. The van der Waals surface area contributed by atoms with E-state index < -0.39 is 5.82 Å². The maximum absolute atomic E-state index is 13.9. The predicted molar refractivity (Wildman–Crippen MR) is 90.1 cm³/mol. The Balaban J connectivity index is 1.79. The Hall–Kier alpha value is -2.95. The Morgan fingerprint density at radius 3 is 2.83 bits per heavy atom. The number of nitrogens with zero attached hydrogens (tertiary/aromatic N) is 2. The van der Waals surface area contributed by atoms with Gasteiger partial charge in [0.25, 0.3) is 5.91 Å². The van der Waals surface area contributed by atoms with Crippen LogP contribution in [0.4, 0.5) is 10.2 Å². The van der Waals surface area contributed by atoms with Crippen molar-refractivity contribution in [2.75, 3.05) is 18.6 Å². The van der Waals surface area contributed by atoms with Gasteiger partial charge in [-0.1, -0.05) is 12.1 Å². The van der Waals surface area contributed by atoms with Gasteiger partial charge in [0.2, 0.25) is 0 Å². The summed E-state index contributed by atoms with van der Waals surface area (Å²) < 4.78 is 19.2. The monoisotopic (exact) mass is 322 g/mol. The van der Waals surface area contributed by atoms with E-state index in [9.17, 15) is 9.18 Å². The van der Waals surface area contributed by atoms with Crippen LogP contribution in [-0.4, -0.2) is 24.5 Å². The molecular weight excluding hydrogens is 307 g/mol. The first-order valence-electron chi connectivity index (χ1n) is 7.71. The van der Waals surface area contributed by atoms with Crippen molar-refractivity contribution in [3.63, 3.8) is 0 Å². The topological polar surface area (TPSA) is 42.4 Å². The van der Waals surface area contributed by atoms with E-state index >= 15 is 0 Å². The first-order chi connectivity index (χ1) is 11.7. The van der Waals surface area contributed by atoms with E-state index in [2.05, 4.69) is 4.98 Å². The normalized spacial score (nSPS) is 13.2. The van der Waals surface area contributed by atoms with Crippen LogP contribution in [-0.2, 0) is 6.42 Å². The molecule has 5 heteroatoms. The summed E-state index contributed by atoms with van der Waals surface area (Å²) in [6.07, 6.45) is 0.713. The van der Waals surface area contributed by atoms with Gasteiger partial charge >= 0.3 is 0 Å². The molecule has 0 fully saturated rings. The van der Waals surface area contributed by atoms with Crippen molar-refractivity contribution in [1.29, 1.82) is 0 Å². The zero-order valence-corrected chi connectivity index (χ0v) is 13.1. The van der Waals surface area contributed by atoms with Crippen molar-refractivity contribution in [1.82, 2.24) is 4.98 Å². The number of aromatic nitrogens is 1. The number of carbonyl (C=O) groups excluding carboxylic acids is 1. The van der Waals surface area contributed by atoms with Crippen molar-refractivity contribution < 1.29 is 13.9 Å². The summed E-state index contributed by atoms with van der Waals surface area (Å²) in [4.78, 5) is 18.9. The highest BCUT2D eigenvalue weighted by Gasteiger charge is 2.28. The second kappa shape index (κ2) is 5.60. The lowest BCUT2D eigenvalue weighted by Gasteiger charge is -2.17. The number of rotatable bonds is 2. The zero-order valence-electron chi connectivity index (χ0n) is 13.1. The van der Waals surface area contributed by atoms with Crippen LogP contribution in [0.5, 0.6) is 5.75 Å². The molecule has 0 saturated carbocycles. The van der Waals surface area contributed by atoms with Crippen LogP contribution in [0.25, 0.3) is 10.9 Å². The fourth-order valence-electron chi connectivity index (χ4n) is 3.04. The molecule has 0 atom stereocenters. The van der Waals surface area contributed by atoms with Crippen molar-refractivity contribution >= 4 is 22.6 Å². The molecule has 1 aromatic heterocycles. The molecule has 0 N–H and O–H groups in total. The van der Waals surface area contributed by atoms with Crippen molar-refractivity contribution in [2.45, 2.75) is 6.42 Å². The lowest BCUT2D eigenvalue weighted by molar-refractivity contribution is 0.0985. The maximum Gasteiger partial charge on any atom is 0.262 e. The summed E-state index contributed by atoms with van der Waals surface area (Å²) in [6, 6.07) is 13.7. The minimum Gasteiger partial charge on any atom is -0.497 e. The highest BCUT2D eigenvalue weighted by molar-refractivity contribution is 6.07. The molecule has 0 aliphatic carbocycles. The molecule has 0 saturated heterocycles. The van der Waals surface area contributed by atoms with Gasteiger partial charge in [0.15, 0.2) is 0 Å². The second-order valence-electron chi connectivity index (χ2n) is 5.72. The van der Waals surface area contributed by atoms with E-state index in [1.54, 1.807) is 24.1 Å². The first kappa shape index (κ1) is 14.6. The number of benzene rings is 2. The van der Waals surface area contributed by atoms with Gasteiger partial charge in [-0.25, -0.2) is 9.37 Å².